The van der Waals surface area contributed by atoms with Crippen molar-refractivity contribution in [3.8, 4) is 0 Å². The Balaban J connectivity index is 1.99. The van der Waals surface area contributed by atoms with E-state index < -0.39 is 0 Å². The molecule has 1 saturated heterocycles. The molecule has 5 N–H and O–H groups in total. The molecule has 1 aromatic rings. The molecule has 1 heterocycles. The van der Waals surface area contributed by atoms with Crippen molar-refractivity contribution >= 4 is 17.3 Å². The summed E-state index contributed by atoms with van der Waals surface area (Å²) in [5.41, 5.74) is 12.9. The summed E-state index contributed by atoms with van der Waals surface area (Å²) in [6, 6.07) is 5.04. The van der Waals surface area contributed by atoms with Gasteiger partial charge in [0, 0.05) is 36.2 Å². The molecule has 0 aromatic heterocycles. The Morgan fingerprint density at radius 2 is 1.84 bits per heavy atom. The van der Waals surface area contributed by atoms with E-state index in [1.54, 1.807) is 18.2 Å². The van der Waals surface area contributed by atoms with Gasteiger partial charge in [0.1, 0.15) is 0 Å². The van der Waals surface area contributed by atoms with Gasteiger partial charge in [-0.2, -0.15) is 0 Å². The van der Waals surface area contributed by atoms with E-state index in [1.807, 2.05) is 6.92 Å². The summed E-state index contributed by atoms with van der Waals surface area (Å²) in [4.78, 5) is 12.1. The van der Waals surface area contributed by atoms with Crippen LogP contribution in [0.3, 0.4) is 0 Å². The molecule has 0 aliphatic carbocycles. The minimum Gasteiger partial charge on any atom is -0.399 e. The highest BCUT2D eigenvalue weighted by Crippen LogP contribution is 2.19. The summed E-state index contributed by atoms with van der Waals surface area (Å²) in [6.45, 7) is 3.58. The quantitative estimate of drug-likeness (QED) is 0.719. The second-order valence-electron chi connectivity index (χ2n) is 5.10. The van der Waals surface area contributed by atoms with Crippen LogP contribution in [0.2, 0.25) is 0 Å². The van der Waals surface area contributed by atoms with Crippen molar-refractivity contribution in [1.82, 2.24) is 5.32 Å². The first-order valence-electron chi connectivity index (χ1n) is 6.61. The third-order valence-electron chi connectivity index (χ3n) is 3.57. The predicted octanol–water partition coefficient (Wildman–Crippen LogP) is 1.40. The van der Waals surface area contributed by atoms with Gasteiger partial charge in [0.05, 0.1) is 0 Å². The SMILES string of the molecule is CC(NC(=O)c1cc(N)cc(N)c1)C1CCOCC1. The third kappa shape index (κ3) is 3.61. The molecule has 5 heteroatoms. The van der Waals surface area contributed by atoms with Gasteiger partial charge >= 0.3 is 0 Å². The molecule has 0 saturated carbocycles. The van der Waals surface area contributed by atoms with Crippen LogP contribution >= 0.6 is 0 Å². The van der Waals surface area contributed by atoms with Crippen LogP contribution in [0.15, 0.2) is 18.2 Å². The van der Waals surface area contributed by atoms with E-state index in [2.05, 4.69) is 5.32 Å². The number of hydrogen-bond donors (Lipinski definition) is 3. The lowest BCUT2D eigenvalue weighted by Crippen LogP contribution is -2.40. The fourth-order valence-electron chi connectivity index (χ4n) is 2.43. The molecule has 1 aliphatic heterocycles. The highest BCUT2D eigenvalue weighted by Gasteiger charge is 2.22. The highest BCUT2D eigenvalue weighted by atomic mass is 16.5. The zero-order valence-corrected chi connectivity index (χ0v) is 11.2. The lowest BCUT2D eigenvalue weighted by atomic mass is 9.93. The Labute approximate surface area is 113 Å². The zero-order valence-electron chi connectivity index (χ0n) is 11.2. The molecular formula is C14H21N3O2. The van der Waals surface area contributed by atoms with Crippen LogP contribution < -0.4 is 16.8 Å². The summed E-state index contributed by atoms with van der Waals surface area (Å²) in [5.74, 6) is 0.342. The summed E-state index contributed by atoms with van der Waals surface area (Å²) < 4.78 is 5.33. The van der Waals surface area contributed by atoms with Gasteiger partial charge in [-0.25, -0.2) is 0 Å². The first kappa shape index (κ1) is 13.7. The van der Waals surface area contributed by atoms with Crippen molar-refractivity contribution in [2.24, 2.45) is 5.92 Å². The van der Waals surface area contributed by atoms with Gasteiger partial charge in [0.2, 0.25) is 0 Å². The Kier molecular flexibility index (Phi) is 4.27. The molecule has 0 radical (unpaired) electrons. The first-order chi connectivity index (χ1) is 9.06. The summed E-state index contributed by atoms with van der Waals surface area (Å²) in [6.07, 6.45) is 1.97. The Morgan fingerprint density at radius 1 is 1.26 bits per heavy atom. The van der Waals surface area contributed by atoms with Crippen LogP contribution in [0.1, 0.15) is 30.1 Å². The third-order valence-corrected chi connectivity index (χ3v) is 3.57. The molecular weight excluding hydrogens is 242 g/mol. The van der Waals surface area contributed by atoms with E-state index in [-0.39, 0.29) is 11.9 Å². The number of carbonyl (C=O) groups is 1. The maximum Gasteiger partial charge on any atom is 0.251 e. The molecule has 1 amide bonds. The van der Waals surface area contributed by atoms with Crippen LogP contribution in [0.4, 0.5) is 11.4 Å². The van der Waals surface area contributed by atoms with E-state index in [4.69, 9.17) is 16.2 Å². The maximum atomic E-state index is 12.1. The Morgan fingerprint density at radius 3 is 2.42 bits per heavy atom. The lowest BCUT2D eigenvalue weighted by molar-refractivity contribution is 0.0538. The topological polar surface area (TPSA) is 90.4 Å². The molecule has 19 heavy (non-hydrogen) atoms. The Hall–Kier alpha value is -1.75. The number of nitrogens with one attached hydrogen (secondary N) is 1. The van der Waals surface area contributed by atoms with Crippen molar-refractivity contribution < 1.29 is 9.53 Å². The average molecular weight is 263 g/mol. The number of benzene rings is 1. The molecule has 104 valence electrons. The number of amides is 1. The van der Waals surface area contributed by atoms with Crippen molar-refractivity contribution in [1.29, 1.82) is 0 Å². The highest BCUT2D eigenvalue weighted by molar-refractivity contribution is 5.96. The van der Waals surface area contributed by atoms with Crippen LogP contribution in [-0.4, -0.2) is 25.2 Å². The molecule has 1 atom stereocenters. The van der Waals surface area contributed by atoms with E-state index in [1.165, 1.54) is 0 Å². The van der Waals surface area contributed by atoms with Gasteiger partial charge in [0.15, 0.2) is 0 Å². The Bertz CT molecular complexity index is 436. The second kappa shape index (κ2) is 5.93. The molecule has 0 bridgehead atoms. The summed E-state index contributed by atoms with van der Waals surface area (Å²) in [7, 11) is 0. The number of ether oxygens (including phenoxy) is 1. The lowest BCUT2D eigenvalue weighted by Gasteiger charge is -2.28. The van der Waals surface area contributed by atoms with E-state index in [0.29, 0.717) is 22.9 Å². The number of carbonyl (C=O) groups excluding carboxylic acids is 1. The second-order valence-corrected chi connectivity index (χ2v) is 5.10. The van der Waals surface area contributed by atoms with Crippen molar-refractivity contribution in [2.75, 3.05) is 24.7 Å². The van der Waals surface area contributed by atoms with Crippen LogP contribution in [-0.2, 0) is 4.74 Å². The fourth-order valence-corrected chi connectivity index (χ4v) is 2.43. The number of rotatable bonds is 3. The van der Waals surface area contributed by atoms with Crippen molar-refractivity contribution in [3.05, 3.63) is 23.8 Å². The fraction of sp³-hybridized carbons (Fsp3) is 0.500. The summed E-state index contributed by atoms with van der Waals surface area (Å²) in [5, 5.41) is 3.01. The van der Waals surface area contributed by atoms with Gasteiger partial charge < -0.3 is 21.5 Å². The minimum atomic E-state index is -0.127. The zero-order chi connectivity index (χ0) is 13.8. The molecule has 2 rings (SSSR count). The average Bonchev–Trinajstić information content (AvgIpc) is 2.38. The first-order valence-corrected chi connectivity index (χ1v) is 6.61. The van der Waals surface area contributed by atoms with Crippen molar-refractivity contribution in [3.63, 3.8) is 0 Å². The van der Waals surface area contributed by atoms with E-state index in [9.17, 15) is 4.79 Å². The van der Waals surface area contributed by atoms with Gasteiger partial charge in [-0.3, -0.25) is 4.79 Å². The predicted molar refractivity (Wildman–Crippen MR) is 75.7 cm³/mol. The molecule has 0 spiro atoms. The normalized spacial score (nSPS) is 17.9. The van der Waals surface area contributed by atoms with Gasteiger partial charge in [-0.15, -0.1) is 0 Å². The van der Waals surface area contributed by atoms with Crippen LogP contribution in [0.5, 0.6) is 0 Å². The molecule has 1 fully saturated rings. The van der Waals surface area contributed by atoms with E-state index >= 15 is 0 Å². The van der Waals surface area contributed by atoms with Crippen LogP contribution in [0, 0.1) is 5.92 Å². The maximum absolute atomic E-state index is 12.1. The largest absolute Gasteiger partial charge is 0.399 e. The van der Waals surface area contributed by atoms with Crippen molar-refractivity contribution in [2.45, 2.75) is 25.8 Å². The van der Waals surface area contributed by atoms with Gasteiger partial charge in [0.25, 0.3) is 5.91 Å². The van der Waals surface area contributed by atoms with Gasteiger partial charge in [-0.05, 0) is 43.9 Å². The smallest absolute Gasteiger partial charge is 0.251 e. The standard InChI is InChI=1S/C14H21N3O2/c1-9(10-2-4-19-5-3-10)17-14(18)11-6-12(15)8-13(16)7-11/h6-10H,2-5,15-16H2,1H3,(H,17,18). The molecule has 1 aliphatic rings. The van der Waals surface area contributed by atoms with E-state index in [0.717, 1.165) is 26.1 Å². The van der Waals surface area contributed by atoms with Crippen LogP contribution in [0.25, 0.3) is 0 Å². The summed E-state index contributed by atoms with van der Waals surface area (Å²) >= 11 is 0. The molecule has 1 aromatic carbocycles. The molecule has 1 unspecified atom stereocenters. The van der Waals surface area contributed by atoms with Gasteiger partial charge in [-0.1, -0.05) is 0 Å². The number of nitrogen functional groups attached to an aromatic ring is 2. The molecule has 5 nitrogen and oxygen atoms in total. The minimum absolute atomic E-state index is 0.124. The number of nitrogens with two attached hydrogens (primary N) is 2. The number of anilines is 2. The number of hydrogen-bond acceptors (Lipinski definition) is 4. The monoisotopic (exact) mass is 263 g/mol.